The molecule has 0 amide bonds. The first-order chi connectivity index (χ1) is 52.0. The summed E-state index contributed by atoms with van der Waals surface area (Å²) in [6.07, 6.45) is 0. The quantitative estimate of drug-likeness (QED) is 0.143. The Morgan fingerprint density at radius 3 is 0.981 bits per heavy atom. The van der Waals surface area contributed by atoms with E-state index in [4.69, 9.17) is 29.9 Å². The molecule has 0 fully saturated rings. The summed E-state index contributed by atoms with van der Waals surface area (Å²) in [5, 5.41) is 10.0. The summed E-state index contributed by atoms with van der Waals surface area (Å²) in [6, 6.07) is 127. The summed E-state index contributed by atoms with van der Waals surface area (Å²) in [4.78, 5) is 30.4. The third-order valence-corrected chi connectivity index (χ3v) is 22.9. The van der Waals surface area contributed by atoms with Crippen molar-refractivity contribution in [1.82, 2.24) is 29.9 Å². The molecule has 0 saturated carbocycles. The summed E-state index contributed by atoms with van der Waals surface area (Å²) < 4.78 is 7.87. The third kappa shape index (κ3) is 12.2. The highest BCUT2D eigenvalue weighted by Crippen LogP contribution is 2.43. The predicted octanol–water partition coefficient (Wildman–Crippen LogP) is 27.0. The highest BCUT2D eigenvalue weighted by Gasteiger charge is 2.20. The van der Waals surface area contributed by atoms with Crippen LogP contribution in [0.25, 0.3) is 195 Å². The molecule has 21 rings (SSSR count). The Balaban J connectivity index is 0.000000108. The van der Waals surface area contributed by atoms with Gasteiger partial charge in [-0.25, -0.2) is 29.9 Å². The summed E-state index contributed by atoms with van der Waals surface area (Å²) in [5.74, 6) is 1.49. The lowest BCUT2D eigenvalue weighted by Gasteiger charge is -2.13. The first kappa shape index (κ1) is 62.9. The van der Waals surface area contributed by atoms with Crippen molar-refractivity contribution in [2.45, 2.75) is 0 Å². The topological polar surface area (TPSA) is 77.3 Å². The van der Waals surface area contributed by atoms with Gasteiger partial charge in [0.15, 0.2) is 11.6 Å². The van der Waals surface area contributed by atoms with E-state index in [-0.39, 0.29) is 0 Å². The fraction of sp³-hybridized carbons (Fsp3) is 0. The van der Waals surface area contributed by atoms with Gasteiger partial charge in [0, 0.05) is 110 Å². The average molecular weight is 1390 g/mol. The number of hydrogen-bond donors (Lipinski definition) is 0. The molecule has 0 spiro atoms. The zero-order valence-electron chi connectivity index (χ0n) is 56.5. The molecule has 0 aliphatic carbocycles. The number of hydrogen-bond acceptors (Lipinski definition) is 9. The van der Waals surface area contributed by atoms with Gasteiger partial charge in [0.2, 0.25) is 0 Å². The molecule has 0 radical (unpaired) electrons. The van der Waals surface area contributed by atoms with E-state index in [1.165, 1.54) is 77.2 Å². The van der Waals surface area contributed by atoms with Gasteiger partial charge in [-0.1, -0.05) is 297 Å². The summed E-state index contributed by atoms with van der Waals surface area (Å²) in [5.41, 5.74) is 20.8. The molecule has 492 valence electrons. The molecule has 6 aromatic heterocycles. The lowest BCUT2D eigenvalue weighted by molar-refractivity contribution is 1.23. The summed E-state index contributed by atoms with van der Waals surface area (Å²) in [6.45, 7) is 0. The molecule has 0 bridgehead atoms. The van der Waals surface area contributed by atoms with E-state index in [1.54, 1.807) is 0 Å². The second-order valence-corrected chi connectivity index (χ2v) is 29.2. The van der Waals surface area contributed by atoms with Gasteiger partial charge in [-0.15, -0.1) is 34.0 Å². The van der Waals surface area contributed by atoms with Crippen LogP contribution in [0.15, 0.2) is 364 Å². The summed E-state index contributed by atoms with van der Waals surface area (Å²) >= 11 is 5.54. The Hall–Kier alpha value is -13.0. The van der Waals surface area contributed by atoms with Gasteiger partial charge in [-0.3, -0.25) is 0 Å². The van der Waals surface area contributed by atoms with Crippen molar-refractivity contribution in [2.75, 3.05) is 0 Å². The number of rotatable bonds is 9. The van der Waals surface area contributed by atoms with Crippen molar-refractivity contribution in [3.05, 3.63) is 364 Å². The van der Waals surface area contributed by atoms with Crippen molar-refractivity contribution in [2.24, 2.45) is 0 Å². The zero-order valence-corrected chi connectivity index (χ0v) is 59.0. The molecule has 6 heterocycles. The van der Waals surface area contributed by atoms with Crippen molar-refractivity contribution in [1.29, 1.82) is 0 Å². The molecule has 0 aliphatic rings. The maximum atomic E-state index is 5.26. The molecule has 6 nitrogen and oxygen atoms in total. The van der Waals surface area contributed by atoms with Crippen molar-refractivity contribution >= 4 is 127 Å². The van der Waals surface area contributed by atoms with Gasteiger partial charge in [0.25, 0.3) is 0 Å². The van der Waals surface area contributed by atoms with Crippen LogP contribution in [-0.2, 0) is 0 Å². The smallest absolute Gasteiger partial charge is 0.160 e. The van der Waals surface area contributed by atoms with Gasteiger partial charge >= 0.3 is 0 Å². The number of fused-ring (bicyclic) bond motifs is 12. The molecular formula is C96H60N6S3. The Labute approximate surface area is 617 Å². The minimum absolute atomic E-state index is 0.745. The molecule has 0 atom stereocenters. The highest BCUT2D eigenvalue weighted by atomic mass is 32.1. The van der Waals surface area contributed by atoms with Crippen LogP contribution in [0.5, 0.6) is 0 Å². The number of thiophene rings is 3. The van der Waals surface area contributed by atoms with Crippen LogP contribution >= 0.6 is 34.0 Å². The van der Waals surface area contributed by atoms with Crippen LogP contribution in [0, 0.1) is 0 Å². The maximum Gasteiger partial charge on any atom is 0.160 e. The summed E-state index contributed by atoms with van der Waals surface area (Å²) in [7, 11) is 0. The Morgan fingerprint density at radius 2 is 0.505 bits per heavy atom. The number of aromatic nitrogens is 6. The van der Waals surface area contributed by atoms with E-state index in [1.807, 2.05) is 107 Å². The van der Waals surface area contributed by atoms with Gasteiger partial charge in [0.05, 0.1) is 44.8 Å². The number of benzene rings is 15. The first-order valence-corrected chi connectivity index (χ1v) is 37.5. The van der Waals surface area contributed by atoms with Crippen LogP contribution in [0.2, 0.25) is 0 Å². The molecule has 0 unspecified atom stereocenters. The molecule has 15 aromatic carbocycles. The number of nitrogens with zero attached hydrogens (tertiary/aromatic N) is 6. The van der Waals surface area contributed by atoms with Crippen molar-refractivity contribution in [3.8, 4) is 101 Å². The van der Waals surface area contributed by atoms with Crippen LogP contribution in [-0.4, -0.2) is 29.9 Å². The lowest BCUT2D eigenvalue weighted by atomic mass is 9.99. The molecule has 105 heavy (non-hydrogen) atoms. The SMILES string of the molecule is c1ccc(-c2nc(-c3ccccc3)c3cc(-c4ccc5c(c4)sc4ccccc45)ccc3n2)cc1.c1ccc(-c2nc(-c3ccccc3)c3ccc(-c4ccc5c(c4)sc4ccccc45)cc3n2)cc1.c1ccc(-c2nc3cccc(-c4ccc5c(c4)sc4ccccc45)c3nc2-c2ccccc2)cc1. The molecule has 0 saturated heterocycles. The molecule has 9 heteroatoms. The fourth-order valence-electron chi connectivity index (χ4n) is 14.3. The van der Waals surface area contributed by atoms with Gasteiger partial charge < -0.3 is 0 Å². The predicted molar refractivity (Wildman–Crippen MR) is 446 cm³/mol. The molecule has 21 aromatic rings. The maximum absolute atomic E-state index is 5.26. The normalized spacial score (nSPS) is 11.4. The standard InChI is InChI=1S/3C32H20N2S/c1-3-10-21(11-4-1)30-31(22-12-5-2-6-13-22)34-32-24(15-9-16-27(32)33-30)23-18-19-26-25-14-7-8-17-28(25)35-29(26)20-23;1-3-9-21(10-4-1)31-27-19-23(16-18-28(27)33-32(34-31)22-11-5-2-6-12-22)24-15-17-26-25-13-7-8-14-29(25)35-30(26)20-24;1-3-9-21(10-4-1)31-27-18-16-23(19-28(27)33-32(34-31)22-11-5-2-6-12-22)24-15-17-26-25-13-7-8-14-29(25)35-30(26)20-24/h3*1-20H. The third-order valence-electron chi connectivity index (χ3n) is 19.5. The van der Waals surface area contributed by atoms with Crippen LogP contribution < -0.4 is 0 Å². The van der Waals surface area contributed by atoms with E-state index in [0.717, 1.165) is 117 Å². The zero-order chi connectivity index (χ0) is 69.6. The molecular weight excluding hydrogens is 1330 g/mol. The van der Waals surface area contributed by atoms with Crippen LogP contribution in [0.3, 0.4) is 0 Å². The van der Waals surface area contributed by atoms with E-state index in [0.29, 0.717) is 0 Å². The second-order valence-electron chi connectivity index (χ2n) is 26.0. The highest BCUT2D eigenvalue weighted by molar-refractivity contribution is 7.26. The second kappa shape index (κ2) is 27.4. The minimum Gasteiger partial charge on any atom is -0.244 e. The van der Waals surface area contributed by atoms with Crippen molar-refractivity contribution < 1.29 is 0 Å². The Bertz CT molecular complexity index is 6820. The minimum atomic E-state index is 0.745. The number of para-hydroxylation sites is 1. The Morgan fingerprint density at radius 1 is 0.162 bits per heavy atom. The monoisotopic (exact) mass is 1390 g/mol. The Kier molecular flexibility index (Phi) is 16.4. The van der Waals surface area contributed by atoms with Gasteiger partial charge in [-0.05, 0) is 94.5 Å². The van der Waals surface area contributed by atoms with E-state index < -0.39 is 0 Å². The van der Waals surface area contributed by atoms with Crippen molar-refractivity contribution in [3.63, 3.8) is 0 Å². The van der Waals surface area contributed by atoms with Gasteiger partial charge in [0.1, 0.15) is 0 Å². The van der Waals surface area contributed by atoms with Gasteiger partial charge in [-0.2, -0.15) is 0 Å². The lowest BCUT2D eigenvalue weighted by Crippen LogP contribution is -1.97. The van der Waals surface area contributed by atoms with E-state index in [9.17, 15) is 0 Å². The van der Waals surface area contributed by atoms with E-state index >= 15 is 0 Å². The van der Waals surface area contributed by atoms with E-state index in [2.05, 4.69) is 291 Å². The largest absolute Gasteiger partial charge is 0.244 e. The average Bonchev–Trinajstić information content (AvgIpc) is 1.77. The first-order valence-electron chi connectivity index (χ1n) is 35.0. The van der Waals surface area contributed by atoms with Crippen LogP contribution in [0.4, 0.5) is 0 Å². The molecule has 0 N–H and O–H groups in total. The fourth-order valence-corrected chi connectivity index (χ4v) is 17.7. The molecule has 0 aliphatic heterocycles. The van der Waals surface area contributed by atoms with Crippen LogP contribution in [0.1, 0.15) is 0 Å².